The number of nitrogens with one attached hydrogen (secondary N) is 2. The highest BCUT2D eigenvalue weighted by Crippen LogP contribution is 2.44. The van der Waals surface area contributed by atoms with E-state index in [1.165, 1.54) is 14.2 Å². The maximum Gasteiger partial charge on any atom is 0.270 e. The molecule has 2 N–H and O–H groups in total. The van der Waals surface area contributed by atoms with Crippen LogP contribution >= 0.6 is 0 Å². The number of amides is 2. The second kappa shape index (κ2) is 11.4. The Morgan fingerprint density at radius 3 is 1.29 bits per heavy atom. The highest BCUT2D eigenvalue weighted by molar-refractivity contribution is 6.02. The number of fused-ring (bicyclic) bond motifs is 2. The van der Waals surface area contributed by atoms with Crippen LogP contribution in [0.1, 0.15) is 27.4 Å². The highest BCUT2D eigenvalue weighted by atomic mass is 16.5. The summed E-state index contributed by atoms with van der Waals surface area (Å²) >= 11 is 0. The molecule has 3 heterocycles. The van der Waals surface area contributed by atoms with Gasteiger partial charge in [0.1, 0.15) is 11.4 Å². The number of rotatable bonds is 8. The molecule has 2 aromatic heterocycles. The van der Waals surface area contributed by atoms with Crippen LogP contribution in [0.25, 0.3) is 21.8 Å². The average molecular weight is 567 g/mol. The van der Waals surface area contributed by atoms with Crippen molar-refractivity contribution in [3.63, 3.8) is 0 Å². The molecule has 1 aliphatic rings. The largest absolute Gasteiger partial charge is 0.493 e. The standard InChI is InChI=1S/C29H34N4O8/c1-36-22-14-18-16(24(38-3)26(22)40-5)12-20(30-18)28(34)32-8-7-9-33(11-10-32)29(35)21-13-17-19(31-21)15-23(37-2)27(41-6)25(17)39-4/h12-15,30-31H,7-11H2,1-6H3. The van der Waals surface area contributed by atoms with Crippen molar-refractivity contribution in [2.24, 2.45) is 0 Å². The van der Waals surface area contributed by atoms with Gasteiger partial charge in [0, 0.05) is 49.1 Å². The van der Waals surface area contributed by atoms with Crippen LogP contribution in [-0.2, 0) is 0 Å². The molecule has 1 saturated heterocycles. The lowest BCUT2D eigenvalue weighted by molar-refractivity contribution is 0.0714. The summed E-state index contributed by atoms with van der Waals surface area (Å²) < 4.78 is 33.0. The number of aromatic nitrogens is 2. The zero-order valence-electron chi connectivity index (χ0n) is 24.0. The first kappa shape index (κ1) is 27.8. The second-order valence-electron chi connectivity index (χ2n) is 9.52. The third-order valence-corrected chi connectivity index (χ3v) is 7.38. The van der Waals surface area contributed by atoms with E-state index >= 15 is 0 Å². The molecule has 12 nitrogen and oxygen atoms in total. The molecular weight excluding hydrogens is 532 g/mol. The normalized spacial score (nSPS) is 13.7. The fourth-order valence-electron chi connectivity index (χ4n) is 5.40. The van der Waals surface area contributed by atoms with Crippen LogP contribution in [0, 0.1) is 0 Å². The lowest BCUT2D eigenvalue weighted by atomic mass is 10.2. The molecule has 0 radical (unpaired) electrons. The molecule has 1 aliphatic heterocycles. The fraction of sp³-hybridized carbons (Fsp3) is 0.379. The van der Waals surface area contributed by atoms with Gasteiger partial charge in [0.05, 0.1) is 53.7 Å². The molecule has 0 unspecified atom stereocenters. The molecule has 2 aromatic carbocycles. The molecule has 218 valence electrons. The molecule has 0 atom stereocenters. The predicted octanol–water partition coefficient (Wildman–Crippen LogP) is 3.69. The molecule has 4 aromatic rings. The van der Waals surface area contributed by atoms with E-state index in [0.29, 0.717) is 100 Å². The maximum absolute atomic E-state index is 13.5. The minimum atomic E-state index is -0.162. The van der Waals surface area contributed by atoms with Crippen molar-refractivity contribution in [2.45, 2.75) is 6.42 Å². The zero-order chi connectivity index (χ0) is 29.3. The van der Waals surface area contributed by atoms with Crippen molar-refractivity contribution in [3.05, 3.63) is 35.7 Å². The lowest BCUT2D eigenvalue weighted by Crippen LogP contribution is -2.37. The molecule has 0 bridgehead atoms. The lowest BCUT2D eigenvalue weighted by Gasteiger charge is -2.21. The third kappa shape index (κ3) is 4.79. The Hall–Kier alpha value is -4.74. The van der Waals surface area contributed by atoms with Crippen LogP contribution in [0.4, 0.5) is 0 Å². The van der Waals surface area contributed by atoms with Crippen LogP contribution < -0.4 is 28.4 Å². The van der Waals surface area contributed by atoms with Crippen LogP contribution in [0.5, 0.6) is 34.5 Å². The molecule has 0 saturated carbocycles. The maximum atomic E-state index is 13.5. The van der Waals surface area contributed by atoms with E-state index in [2.05, 4.69) is 9.97 Å². The fourth-order valence-corrected chi connectivity index (χ4v) is 5.40. The summed E-state index contributed by atoms with van der Waals surface area (Å²) in [4.78, 5) is 37.0. The number of H-pyrrole nitrogens is 2. The summed E-state index contributed by atoms with van der Waals surface area (Å²) in [5.74, 6) is 2.54. The monoisotopic (exact) mass is 566 g/mol. The van der Waals surface area contributed by atoms with Crippen molar-refractivity contribution in [3.8, 4) is 34.5 Å². The number of carbonyl (C=O) groups excluding carboxylic acids is 2. The summed E-state index contributed by atoms with van der Waals surface area (Å²) in [5.41, 5.74) is 2.21. The molecule has 2 amide bonds. The Labute approximate surface area is 237 Å². The zero-order valence-corrected chi connectivity index (χ0v) is 24.0. The van der Waals surface area contributed by atoms with Crippen molar-refractivity contribution >= 4 is 33.6 Å². The van der Waals surface area contributed by atoms with E-state index in [1.54, 1.807) is 62.5 Å². The van der Waals surface area contributed by atoms with Gasteiger partial charge in [-0.1, -0.05) is 0 Å². The first-order valence-corrected chi connectivity index (χ1v) is 13.1. The van der Waals surface area contributed by atoms with Gasteiger partial charge in [-0.15, -0.1) is 0 Å². The molecular formula is C29H34N4O8. The summed E-state index contributed by atoms with van der Waals surface area (Å²) in [5, 5.41) is 1.42. The molecule has 5 rings (SSSR count). The number of hydrogen-bond acceptors (Lipinski definition) is 8. The average Bonchev–Trinajstić information content (AvgIpc) is 3.54. The Bertz CT molecular complexity index is 1490. The molecule has 0 spiro atoms. The second-order valence-corrected chi connectivity index (χ2v) is 9.52. The van der Waals surface area contributed by atoms with Gasteiger partial charge in [0.2, 0.25) is 11.5 Å². The van der Waals surface area contributed by atoms with E-state index < -0.39 is 0 Å². The van der Waals surface area contributed by atoms with Crippen molar-refractivity contribution in [2.75, 3.05) is 68.8 Å². The van der Waals surface area contributed by atoms with Gasteiger partial charge in [-0.2, -0.15) is 0 Å². The number of ether oxygens (including phenoxy) is 6. The number of aromatic amines is 2. The van der Waals surface area contributed by atoms with E-state index in [9.17, 15) is 9.59 Å². The van der Waals surface area contributed by atoms with Gasteiger partial charge in [0.25, 0.3) is 11.8 Å². The first-order valence-electron chi connectivity index (χ1n) is 13.1. The predicted molar refractivity (Wildman–Crippen MR) is 152 cm³/mol. The number of nitrogens with zero attached hydrogens (tertiary/aromatic N) is 2. The Balaban J connectivity index is 1.36. The van der Waals surface area contributed by atoms with Crippen molar-refractivity contribution < 1.29 is 38.0 Å². The van der Waals surface area contributed by atoms with E-state index in [0.717, 1.165) is 0 Å². The smallest absolute Gasteiger partial charge is 0.270 e. The number of carbonyl (C=O) groups is 2. The van der Waals surface area contributed by atoms with E-state index in [4.69, 9.17) is 28.4 Å². The summed E-state index contributed by atoms with van der Waals surface area (Å²) in [6.07, 6.45) is 0.633. The van der Waals surface area contributed by atoms with Crippen LogP contribution in [0.2, 0.25) is 0 Å². The van der Waals surface area contributed by atoms with Crippen LogP contribution in [0.3, 0.4) is 0 Å². The minimum absolute atomic E-state index is 0.162. The van der Waals surface area contributed by atoms with Crippen molar-refractivity contribution in [1.29, 1.82) is 0 Å². The van der Waals surface area contributed by atoms with Gasteiger partial charge < -0.3 is 48.2 Å². The highest BCUT2D eigenvalue weighted by Gasteiger charge is 2.27. The Morgan fingerprint density at radius 2 is 0.951 bits per heavy atom. The molecule has 12 heteroatoms. The first-order chi connectivity index (χ1) is 19.9. The SMILES string of the molecule is COc1cc2[nH]c(C(=O)N3CCCN(C(=O)c4cc5c(OC)c(OC)c(OC)cc5[nH]4)CC3)cc2c(OC)c1OC. The summed E-state index contributed by atoms with van der Waals surface area (Å²) in [6, 6.07) is 7.06. The number of methoxy groups -OCH3 is 6. The molecule has 1 fully saturated rings. The Morgan fingerprint density at radius 1 is 0.561 bits per heavy atom. The van der Waals surface area contributed by atoms with Gasteiger partial charge in [-0.05, 0) is 18.6 Å². The minimum Gasteiger partial charge on any atom is -0.493 e. The van der Waals surface area contributed by atoms with E-state index in [-0.39, 0.29) is 11.8 Å². The number of benzene rings is 2. The van der Waals surface area contributed by atoms with Crippen LogP contribution in [0.15, 0.2) is 24.3 Å². The van der Waals surface area contributed by atoms with Gasteiger partial charge in [-0.25, -0.2) is 0 Å². The quantitative estimate of drug-likeness (QED) is 0.331. The summed E-state index contributed by atoms with van der Waals surface area (Å²) in [6.45, 7) is 1.79. The third-order valence-electron chi connectivity index (χ3n) is 7.38. The van der Waals surface area contributed by atoms with Crippen molar-refractivity contribution in [1.82, 2.24) is 19.8 Å². The van der Waals surface area contributed by atoms with Crippen LogP contribution in [-0.4, -0.2) is 100 Å². The van der Waals surface area contributed by atoms with Gasteiger partial charge in [0.15, 0.2) is 23.0 Å². The van der Waals surface area contributed by atoms with Gasteiger partial charge >= 0.3 is 0 Å². The topological polar surface area (TPSA) is 128 Å². The summed E-state index contributed by atoms with van der Waals surface area (Å²) in [7, 11) is 9.25. The number of hydrogen-bond donors (Lipinski definition) is 2. The molecule has 41 heavy (non-hydrogen) atoms. The molecule has 0 aliphatic carbocycles. The van der Waals surface area contributed by atoms with E-state index in [1.807, 2.05) is 0 Å². The Kier molecular flexibility index (Phi) is 7.73. The van der Waals surface area contributed by atoms with Gasteiger partial charge in [-0.3, -0.25) is 9.59 Å².